The average Bonchev–Trinajstić information content (AvgIpc) is 3.08. The van der Waals surface area contributed by atoms with Gasteiger partial charge in [-0.15, -0.1) is 0 Å². The maximum absolute atomic E-state index is 13.4. The molecular formula is C36H60N6O4. The van der Waals surface area contributed by atoms with Crippen molar-refractivity contribution in [1.29, 1.82) is 0 Å². The first-order chi connectivity index (χ1) is 22.5. The molecule has 6 fully saturated rings. The van der Waals surface area contributed by atoms with E-state index in [4.69, 9.17) is 0 Å². The molecule has 4 amide bonds. The van der Waals surface area contributed by atoms with Crippen molar-refractivity contribution in [2.24, 2.45) is 0 Å². The van der Waals surface area contributed by atoms with Crippen molar-refractivity contribution in [3.8, 4) is 0 Å². The molecule has 10 nitrogen and oxygen atoms in total. The van der Waals surface area contributed by atoms with Gasteiger partial charge in [-0.1, -0.05) is 77.0 Å². The number of piperazine rings is 2. The van der Waals surface area contributed by atoms with E-state index >= 15 is 0 Å². The number of hydrogen-bond donors (Lipinski definition) is 0. The Morgan fingerprint density at radius 2 is 0.630 bits per heavy atom. The van der Waals surface area contributed by atoms with Gasteiger partial charge in [-0.3, -0.25) is 48.6 Å². The monoisotopic (exact) mass is 640 g/mol. The summed E-state index contributed by atoms with van der Waals surface area (Å²) in [6.45, 7) is 2.73. The first-order valence-corrected chi connectivity index (χ1v) is 19.1. The summed E-state index contributed by atoms with van der Waals surface area (Å²) in [4.78, 5) is 65.4. The molecule has 46 heavy (non-hydrogen) atoms. The Kier molecular flexibility index (Phi) is 12.2. The van der Waals surface area contributed by atoms with E-state index in [0.717, 1.165) is 0 Å². The molecule has 2 aliphatic heterocycles. The Morgan fingerprint density at radius 1 is 0.391 bits per heavy atom. The largest absolute Gasteiger partial charge is 0.284 e. The molecule has 2 saturated heterocycles. The molecular weight excluding hydrogens is 580 g/mol. The molecule has 0 spiro atoms. The number of nitrogens with zero attached hydrogens (tertiary/aromatic N) is 6. The second-order valence-corrected chi connectivity index (χ2v) is 15.3. The summed E-state index contributed by atoms with van der Waals surface area (Å²) in [5, 5.41) is 0. The summed E-state index contributed by atoms with van der Waals surface area (Å²) in [6, 6.07) is 1.89. The van der Waals surface area contributed by atoms with Crippen LogP contribution in [0.25, 0.3) is 0 Å². The average molecular weight is 641 g/mol. The first-order valence-electron chi connectivity index (χ1n) is 19.1. The van der Waals surface area contributed by atoms with E-state index in [0.29, 0.717) is 50.6 Å². The Bertz CT molecular complexity index is 893. The van der Waals surface area contributed by atoms with Crippen molar-refractivity contribution in [1.82, 2.24) is 29.4 Å². The van der Waals surface area contributed by atoms with E-state index in [1.54, 1.807) is 0 Å². The minimum atomic E-state index is -0.115. The van der Waals surface area contributed by atoms with Gasteiger partial charge in [0.25, 0.3) is 0 Å². The van der Waals surface area contributed by atoms with E-state index in [2.05, 4.69) is 9.80 Å². The Hall–Kier alpha value is -1.88. The van der Waals surface area contributed by atoms with Crippen molar-refractivity contribution in [3.05, 3.63) is 0 Å². The van der Waals surface area contributed by atoms with Crippen LogP contribution in [-0.4, -0.2) is 130 Å². The number of carbonyl (C=O) groups excluding carboxylic acids is 4. The molecule has 0 bridgehead atoms. The van der Waals surface area contributed by atoms with E-state index in [1.165, 1.54) is 138 Å². The van der Waals surface area contributed by atoms with Crippen LogP contribution in [0.2, 0.25) is 0 Å². The molecule has 0 atom stereocenters. The molecule has 10 heteroatoms. The SMILES string of the molecule is O=C1CN(CCN2CC(=O)N(CN(C3CCCCC3)C3CCCCC3)C(=O)C2)CC(=O)N1CN(C1CCCCC1)C1CCCCC1. The maximum atomic E-state index is 13.4. The maximum Gasteiger partial charge on any atom is 0.244 e. The van der Waals surface area contributed by atoms with Gasteiger partial charge in [0.1, 0.15) is 0 Å². The highest BCUT2D eigenvalue weighted by atomic mass is 16.2. The number of carbonyl (C=O) groups is 4. The highest BCUT2D eigenvalue weighted by Gasteiger charge is 2.39. The second-order valence-electron chi connectivity index (χ2n) is 15.3. The topological polar surface area (TPSA) is 87.7 Å². The second kappa shape index (κ2) is 16.5. The van der Waals surface area contributed by atoms with Crippen LogP contribution in [-0.2, 0) is 19.2 Å². The lowest BCUT2D eigenvalue weighted by Crippen LogP contribution is -2.61. The highest BCUT2D eigenvalue weighted by molar-refractivity contribution is 6.00. The fourth-order valence-corrected chi connectivity index (χ4v) is 9.45. The van der Waals surface area contributed by atoms with E-state index < -0.39 is 0 Å². The zero-order valence-corrected chi connectivity index (χ0v) is 28.4. The molecule has 0 unspecified atom stereocenters. The van der Waals surface area contributed by atoms with Gasteiger partial charge in [0, 0.05) is 37.3 Å². The molecule has 2 heterocycles. The van der Waals surface area contributed by atoms with Crippen LogP contribution in [0.5, 0.6) is 0 Å². The lowest BCUT2D eigenvalue weighted by atomic mass is 9.89. The molecule has 0 radical (unpaired) electrons. The molecule has 0 N–H and O–H groups in total. The smallest absolute Gasteiger partial charge is 0.244 e. The number of imide groups is 2. The normalized spacial score (nSPS) is 26.7. The number of rotatable bonds is 11. The summed E-state index contributed by atoms with van der Waals surface area (Å²) in [7, 11) is 0. The van der Waals surface area contributed by atoms with E-state index in [-0.39, 0.29) is 49.8 Å². The van der Waals surface area contributed by atoms with Gasteiger partial charge >= 0.3 is 0 Å². The van der Waals surface area contributed by atoms with Crippen LogP contribution < -0.4 is 0 Å². The minimum absolute atomic E-state index is 0.115. The van der Waals surface area contributed by atoms with Crippen molar-refractivity contribution in [3.63, 3.8) is 0 Å². The Morgan fingerprint density at radius 3 is 0.870 bits per heavy atom. The van der Waals surface area contributed by atoms with Gasteiger partial charge < -0.3 is 0 Å². The van der Waals surface area contributed by atoms with Gasteiger partial charge in [0.2, 0.25) is 23.6 Å². The van der Waals surface area contributed by atoms with E-state index in [1.807, 2.05) is 9.80 Å². The van der Waals surface area contributed by atoms with E-state index in [9.17, 15) is 19.2 Å². The minimum Gasteiger partial charge on any atom is -0.284 e. The number of amides is 4. The van der Waals surface area contributed by atoms with Crippen LogP contribution in [0.4, 0.5) is 0 Å². The van der Waals surface area contributed by atoms with Gasteiger partial charge in [0.15, 0.2) is 0 Å². The Labute approximate surface area is 277 Å². The van der Waals surface area contributed by atoms with Crippen molar-refractivity contribution >= 4 is 23.6 Å². The summed E-state index contributed by atoms with van der Waals surface area (Å²) in [6.07, 6.45) is 24.4. The molecule has 6 rings (SSSR count). The lowest BCUT2D eigenvalue weighted by molar-refractivity contribution is -0.159. The first kappa shape index (κ1) is 34.0. The highest BCUT2D eigenvalue weighted by Crippen LogP contribution is 2.32. The van der Waals surface area contributed by atoms with Crippen molar-refractivity contribution < 1.29 is 19.2 Å². The van der Waals surface area contributed by atoms with Gasteiger partial charge in [-0.25, -0.2) is 0 Å². The summed E-state index contributed by atoms with van der Waals surface area (Å²) < 4.78 is 0. The molecule has 4 saturated carbocycles. The molecule has 0 aromatic heterocycles. The molecule has 0 aromatic carbocycles. The zero-order chi connectivity index (χ0) is 31.9. The van der Waals surface area contributed by atoms with Crippen LogP contribution in [0.3, 0.4) is 0 Å². The predicted molar refractivity (Wildman–Crippen MR) is 177 cm³/mol. The summed E-state index contributed by atoms with van der Waals surface area (Å²) >= 11 is 0. The van der Waals surface area contributed by atoms with Gasteiger partial charge in [0.05, 0.1) is 39.5 Å². The third-order valence-corrected chi connectivity index (χ3v) is 12.2. The summed E-state index contributed by atoms with van der Waals surface area (Å²) in [5.41, 5.74) is 0. The molecule has 0 aromatic rings. The zero-order valence-electron chi connectivity index (χ0n) is 28.4. The Balaban J connectivity index is 0.997. The van der Waals surface area contributed by atoms with Crippen molar-refractivity contribution in [2.75, 3.05) is 52.6 Å². The fraction of sp³-hybridized carbons (Fsp3) is 0.889. The quantitative estimate of drug-likeness (QED) is 0.311. The fourth-order valence-electron chi connectivity index (χ4n) is 9.45. The molecule has 258 valence electrons. The van der Waals surface area contributed by atoms with Crippen LogP contribution in [0.1, 0.15) is 128 Å². The van der Waals surface area contributed by atoms with Crippen molar-refractivity contribution in [2.45, 2.75) is 153 Å². The van der Waals surface area contributed by atoms with Gasteiger partial charge in [-0.2, -0.15) is 0 Å². The third kappa shape index (κ3) is 8.58. The van der Waals surface area contributed by atoms with Crippen LogP contribution in [0, 0.1) is 0 Å². The lowest BCUT2D eigenvalue weighted by Gasteiger charge is -2.45. The third-order valence-electron chi connectivity index (χ3n) is 12.2. The number of hydrogen-bond acceptors (Lipinski definition) is 8. The molecule has 4 aliphatic carbocycles. The van der Waals surface area contributed by atoms with Gasteiger partial charge in [-0.05, 0) is 51.4 Å². The van der Waals surface area contributed by atoms with Crippen LogP contribution >= 0.6 is 0 Å². The standard InChI is InChI=1S/C36H60N6O4/c43-33-23-37(24-34(44)41(33)27-39(29-13-5-1-6-14-29)30-15-7-2-8-16-30)21-22-38-25-35(45)42(36(46)26-38)28-40(31-17-9-3-10-18-31)32-19-11-4-12-20-32/h29-32H,1-28H2. The molecule has 6 aliphatic rings. The van der Waals surface area contributed by atoms with Crippen LogP contribution in [0.15, 0.2) is 0 Å². The predicted octanol–water partition coefficient (Wildman–Crippen LogP) is 4.18. The summed E-state index contributed by atoms with van der Waals surface area (Å²) in [5.74, 6) is -0.462.